The van der Waals surface area contributed by atoms with Crippen LogP contribution >= 0.6 is 0 Å². The SMILES string of the molecule is CCCCC(CC)C(=O)Nc1ccc(O)c(C(=O)O)c1. The van der Waals surface area contributed by atoms with Crippen molar-refractivity contribution in [3.05, 3.63) is 23.8 Å². The third-order valence-electron chi connectivity index (χ3n) is 3.26. The lowest BCUT2D eigenvalue weighted by atomic mass is 9.98. The number of carbonyl (C=O) groups excluding carboxylic acids is 1. The zero-order chi connectivity index (χ0) is 15.1. The predicted molar refractivity (Wildman–Crippen MR) is 77.0 cm³/mol. The monoisotopic (exact) mass is 279 g/mol. The van der Waals surface area contributed by atoms with Gasteiger partial charge >= 0.3 is 5.97 Å². The van der Waals surface area contributed by atoms with Gasteiger partial charge in [0.1, 0.15) is 11.3 Å². The molecule has 1 aromatic rings. The Kier molecular flexibility index (Phi) is 6.03. The molecule has 0 aliphatic carbocycles. The van der Waals surface area contributed by atoms with E-state index in [4.69, 9.17) is 5.11 Å². The van der Waals surface area contributed by atoms with Gasteiger partial charge in [0, 0.05) is 11.6 Å². The van der Waals surface area contributed by atoms with E-state index in [9.17, 15) is 14.7 Å². The topological polar surface area (TPSA) is 86.6 Å². The molecule has 0 heterocycles. The van der Waals surface area contributed by atoms with Gasteiger partial charge < -0.3 is 15.5 Å². The number of unbranched alkanes of at least 4 members (excludes halogenated alkanes) is 1. The van der Waals surface area contributed by atoms with Crippen molar-refractivity contribution in [3.63, 3.8) is 0 Å². The first-order chi connectivity index (χ1) is 9.49. The third-order valence-corrected chi connectivity index (χ3v) is 3.26. The zero-order valence-corrected chi connectivity index (χ0v) is 11.8. The molecule has 1 rings (SSSR count). The van der Waals surface area contributed by atoms with E-state index in [1.54, 1.807) is 0 Å². The number of carboxylic acid groups (broad SMARTS) is 1. The van der Waals surface area contributed by atoms with Crippen LogP contribution in [0.25, 0.3) is 0 Å². The first-order valence-electron chi connectivity index (χ1n) is 6.86. The van der Waals surface area contributed by atoms with Crippen molar-refractivity contribution in [3.8, 4) is 5.75 Å². The number of aromatic hydroxyl groups is 1. The van der Waals surface area contributed by atoms with Crippen LogP contribution in [0.2, 0.25) is 0 Å². The van der Waals surface area contributed by atoms with Crippen molar-refractivity contribution in [2.45, 2.75) is 39.5 Å². The van der Waals surface area contributed by atoms with Gasteiger partial charge in [0.15, 0.2) is 0 Å². The Morgan fingerprint density at radius 3 is 2.55 bits per heavy atom. The van der Waals surface area contributed by atoms with E-state index >= 15 is 0 Å². The first kappa shape index (κ1) is 16.0. The highest BCUT2D eigenvalue weighted by molar-refractivity contribution is 5.96. The number of hydrogen-bond acceptors (Lipinski definition) is 3. The second kappa shape index (κ2) is 7.53. The second-order valence-corrected chi connectivity index (χ2v) is 4.77. The van der Waals surface area contributed by atoms with Gasteiger partial charge in [0.05, 0.1) is 0 Å². The molecule has 110 valence electrons. The zero-order valence-electron chi connectivity index (χ0n) is 11.8. The maximum atomic E-state index is 12.1. The minimum Gasteiger partial charge on any atom is -0.507 e. The summed E-state index contributed by atoms with van der Waals surface area (Å²) < 4.78 is 0. The molecule has 0 aliphatic heterocycles. The summed E-state index contributed by atoms with van der Waals surface area (Å²) in [5.74, 6) is -1.72. The van der Waals surface area contributed by atoms with Gasteiger partial charge in [-0.05, 0) is 31.0 Å². The van der Waals surface area contributed by atoms with Crippen LogP contribution in [0.1, 0.15) is 49.9 Å². The molecule has 20 heavy (non-hydrogen) atoms. The molecule has 0 bridgehead atoms. The number of anilines is 1. The summed E-state index contributed by atoms with van der Waals surface area (Å²) in [7, 11) is 0. The Morgan fingerprint density at radius 2 is 2.00 bits per heavy atom. The van der Waals surface area contributed by atoms with Crippen LogP contribution in [-0.4, -0.2) is 22.1 Å². The lowest BCUT2D eigenvalue weighted by molar-refractivity contribution is -0.120. The van der Waals surface area contributed by atoms with Gasteiger partial charge in [-0.1, -0.05) is 26.7 Å². The average molecular weight is 279 g/mol. The number of carboxylic acids is 1. The first-order valence-corrected chi connectivity index (χ1v) is 6.86. The van der Waals surface area contributed by atoms with Crippen molar-refractivity contribution in [2.75, 3.05) is 5.32 Å². The summed E-state index contributed by atoms with van der Waals surface area (Å²) in [5.41, 5.74) is 0.171. The molecule has 1 amide bonds. The van der Waals surface area contributed by atoms with Crippen molar-refractivity contribution in [1.29, 1.82) is 0 Å². The Hall–Kier alpha value is -2.04. The van der Waals surface area contributed by atoms with Gasteiger partial charge in [-0.25, -0.2) is 4.79 Å². The Labute approximate surface area is 118 Å². The summed E-state index contributed by atoms with van der Waals surface area (Å²) in [6.07, 6.45) is 3.59. The molecule has 0 spiro atoms. The summed E-state index contributed by atoms with van der Waals surface area (Å²) in [6.45, 7) is 4.03. The fraction of sp³-hybridized carbons (Fsp3) is 0.467. The molecule has 1 aromatic carbocycles. The fourth-order valence-corrected chi connectivity index (χ4v) is 2.00. The largest absolute Gasteiger partial charge is 0.507 e. The van der Waals surface area contributed by atoms with E-state index in [-0.39, 0.29) is 23.1 Å². The number of hydrogen-bond donors (Lipinski definition) is 3. The molecule has 5 heteroatoms. The summed E-state index contributed by atoms with van der Waals surface area (Å²) in [5, 5.41) is 21.1. The van der Waals surface area contributed by atoms with Gasteiger partial charge in [0.2, 0.25) is 5.91 Å². The quantitative estimate of drug-likeness (QED) is 0.669. The van der Waals surface area contributed by atoms with Crippen LogP contribution in [-0.2, 0) is 4.79 Å². The fourth-order valence-electron chi connectivity index (χ4n) is 2.00. The Balaban J connectivity index is 2.79. The molecule has 5 nitrogen and oxygen atoms in total. The standard InChI is InChI=1S/C15H21NO4/c1-3-5-6-10(4-2)14(18)16-11-7-8-13(17)12(9-11)15(19)20/h7-10,17H,3-6H2,1-2H3,(H,16,18)(H,19,20). The number of amides is 1. The number of carbonyl (C=O) groups is 2. The van der Waals surface area contributed by atoms with Crippen LogP contribution < -0.4 is 5.32 Å². The molecular formula is C15H21NO4. The third kappa shape index (κ3) is 4.26. The highest BCUT2D eigenvalue weighted by Crippen LogP contribution is 2.23. The molecule has 0 radical (unpaired) electrons. The van der Waals surface area contributed by atoms with E-state index in [0.29, 0.717) is 5.69 Å². The number of nitrogens with one attached hydrogen (secondary N) is 1. The molecule has 0 saturated carbocycles. The molecule has 3 N–H and O–H groups in total. The minimum absolute atomic E-state index is 0.0722. The summed E-state index contributed by atoms with van der Waals surface area (Å²) in [6, 6.07) is 4.03. The number of phenols is 1. The molecule has 0 aromatic heterocycles. The highest BCUT2D eigenvalue weighted by Gasteiger charge is 2.17. The average Bonchev–Trinajstić information content (AvgIpc) is 2.41. The molecule has 0 fully saturated rings. The highest BCUT2D eigenvalue weighted by atomic mass is 16.4. The number of aromatic carboxylic acids is 1. The lowest BCUT2D eigenvalue weighted by Crippen LogP contribution is -2.22. The van der Waals surface area contributed by atoms with E-state index < -0.39 is 5.97 Å². The van der Waals surface area contributed by atoms with Gasteiger partial charge in [-0.15, -0.1) is 0 Å². The van der Waals surface area contributed by atoms with Crippen molar-refractivity contribution in [1.82, 2.24) is 0 Å². The van der Waals surface area contributed by atoms with Crippen molar-refractivity contribution < 1.29 is 19.8 Å². The van der Waals surface area contributed by atoms with E-state index in [1.807, 2.05) is 6.92 Å². The van der Waals surface area contributed by atoms with E-state index in [0.717, 1.165) is 25.7 Å². The second-order valence-electron chi connectivity index (χ2n) is 4.77. The number of rotatable bonds is 7. The van der Waals surface area contributed by atoms with Crippen molar-refractivity contribution >= 4 is 17.6 Å². The minimum atomic E-state index is -1.23. The van der Waals surface area contributed by atoms with Gasteiger partial charge in [-0.3, -0.25) is 4.79 Å². The van der Waals surface area contributed by atoms with Crippen LogP contribution in [0.5, 0.6) is 5.75 Å². The molecule has 1 atom stereocenters. The van der Waals surface area contributed by atoms with E-state index in [1.165, 1.54) is 18.2 Å². The van der Waals surface area contributed by atoms with Crippen molar-refractivity contribution in [2.24, 2.45) is 5.92 Å². The normalized spacial score (nSPS) is 11.9. The summed E-state index contributed by atoms with van der Waals surface area (Å²) in [4.78, 5) is 23.0. The van der Waals surface area contributed by atoms with Crippen LogP contribution in [0.15, 0.2) is 18.2 Å². The van der Waals surface area contributed by atoms with E-state index in [2.05, 4.69) is 12.2 Å². The number of benzene rings is 1. The molecular weight excluding hydrogens is 258 g/mol. The smallest absolute Gasteiger partial charge is 0.339 e. The van der Waals surface area contributed by atoms with Gasteiger partial charge in [-0.2, -0.15) is 0 Å². The van der Waals surface area contributed by atoms with Crippen LogP contribution in [0.3, 0.4) is 0 Å². The Morgan fingerprint density at radius 1 is 1.30 bits per heavy atom. The Bertz CT molecular complexity index is 485. The maximum absolute atomic E-state index is 12.1. The molecule has 0 saturated heterocycles. The molecule has 0 aliphatic rings. The van der Waals surface area contributed by atoms with Crippen LogP contribution in [0.4, 0.5) is 5.69 Å². The summed E-state index contributed by atoms with van der Waals surface area (Å²) >= 11 is 0. The predicted octanol–water partition coefficient (Wildman–Crippen LogP) is 3.25. The lowest BCUT2D eigenvalue weighted by Gasteiger charge is -2.15. The van der Waals surface area contributed by atoms with Crippen LogP contribution in [0, 0.1) is 5.92 Å². The van der Waals surface area contributed by atoms with Gasteiger partial charge in [0.25, 0.3) is 0 Å². The molecule has 1 unspecified atom stereocenters. The maximum Gasteiger partial charge on any atom is 0.339 e.